The number of nitro benzene ring substituents is 1. The van der Waals surface area contributed by atoms with Crippen LogP contribution in [-0.2, 0) is 0 Å². The van der Waals surface area contributed by atoms with Crippen LogP contribution in [0.1, 0.15) is 48.1 Å². The molecule has 0 N–H and O–H groups in total. The monoisotopic (exact) mass is 574 g/mol. The second kappa shape index (κ2) is 9.55. The molecule has 0 amide bonds. The molecule has 1 spiro atoms. The number of ketones is 3. The lowest BCUT2D eigenvalue weighted by atomic mass is 9.64. The average Bonchev–Trinajstić information content (AvgIpc) is 3.46. The van der Waals surface area contributed by atoms with Crippen LogP contribution in [0.2, 0.25) is 0 Å². The summed E-state index contributed by atoms with van der Waals surface area (Å²) in [5.74, 6) is -2.32. The highest BCUT2D eigenvalue weighted by atomic mass is 19.1. The molecular weight excluding hydrogens is 551 g/mol. The van der Waals surface area contributed by atoms with Gasteiger partial charge in [-0.1, -0.05) is 60.7 Å². The number of non-ortho nitro benzene ring substituents is 1. The number of rotatable bonds is 5. The van der Waals surface area contributed by atoms with Crippen molar-refractivity contribution in [1.82, 2.24) is 0 Å². The van der Waals surface area contributed by atoms with Crippen molar-refractivity contribution in [2.75, 3.05) is 12.0 Å². The van der Waals surface area contributed by atoms with E-state index in [0.717, 1.165) is 0 Å². The predicted octanol–water partition coefficient (Wildman–Crippen LogP) is 6.06. The lowest BCUT2D eigenvalue weighted by molar-refractivity contribution is -0.384. The quantitative estimate of drug-likeness (QED) is 0.123. The Morgan fingerprint density at radius 2 is 1.63 bits per heavy atom. The SMILES string of the molecule is COc1cccc(C(=O)[C@H]2[C@H](c3ccc([N+](=O)[O-])cc3)C3(C(=O)c4ccccc4C3=O)C3C=Cc4cc(F)ccc4N32)c1. The molecule has 8 nitrogen and oxygen atoms in total. The number of hydrogen-bond donors (Lipinski definition) is 0. The maximum absolute atomic E-state index is 14.7. The number of benzene rings is 4. The van der Waals surface area contributed by atoms with Crippen LogP contribution in [0.4, 0.5) is 15.8 Å². The molecule has 3 aliphatic rings. The zero-order valence-electron chi connectivity index (χ0n) is 22.8. The third-order valence-corrected chi connectivity index (χ3v) is 8.85. The molecule has 0 saturated carbocycles. The van der Waals surface area contributed by atoms with Gasteiger partial charge in [0.2, 0.25) is 0 Å². The van der Waals surface area contributed by atoms with Crippen molar-refractivity contribution in [3.8, 4) is 5.75 Å². The van der Waals surface area contributed by atoms with E-state index in [1.165, 1.54) is 43.5 Å². The first-order chi connectivity index (χ1) is 20.8. The summed E-state index contributed by atoms with van der Waals surface area (Å²) in [6, 6.07) is 21.0. The second-order valence-electron chi connectivity index (χ2n) is 10.9. The van der Waals surface area contributed by atoms with Gasteiger partial charge in [0.05, 0.1) is 18.1 Å². The molecule has 4 aromatic carbocycles. The van der Waals surface area contributed by atoms with Gasteiger partial charge >= 0.3 is 0 Å². The minimum absolute atomic E-state index is 0.169. The molecule has 4 aromatic rings. The number of Topliss-reactive ketones (excluding diaryl/α,β-unsaturated/α-hetero) is 3. The summed E-state index contributed by atoms with van der Waals surface area (Å²) in [5.41, 5.74) is 0.275. The van der Waals surface area contributed by atoms with Crippen molar-refractivity contribution in [3.05, 3.63) is 141 Å². The van der Waals surface area contributed by atoms with Gasteiger partial charge in [-0.3, -0.25) is 24.5 Å². The molecule has 1 aliphatic carbocycles. The number of halogens is 1. The molecule has 7 rings (SSSR count). The number of carbonyl (C=O) groups excluding carboxylic acids is 3. The van der Waals surface area contributed by atoms with E-state index in [1.807, 2.05) is 0 Å². The number of hydrogen-bond acceptors (Lipinski definition) is 7. The second-order valence-corrected chi connectivity index (χ2v) is 10.9. The molecule has 1 saturated heterocycles. The smallest absolute Gasteiger partial charge is 0.269 e. The first kappa shape index (κ1) is 26.5. The molecular formula is C34H23FN2O6. The summed E-state index contributed by atoms with van der Waals surface area (Å²) in [7, 11) is 1.48. The Kier molecular flexibility index (Phi) is 5.88. The van der Waals surface area contributed by atoms with Gasteiger partial charge in [0.1, 0.15) is 23.0 Å². The van der Waals surface area contributed by atoms with Crippen LogP contribution in [0.5, 0.6) is 5.75 Å². The fourth-order valence-electron chi connectivity index (χ4n) is 7.07. The van der Waals surface area contributed by atoms with Crippen molar-refractivity contribution in [1.29, 1.82) is 0 Å². The van der Waals surface area contributed by atoms with Crippen molar-refractivity contribution in [2.45, 2.75) is 18.0 Å². The fourth-order valence-corrected chi connectivity index (χ4v) is 7.07. The first-order valence-corrected chi connectivity index (χ1v) is 13.6. The Balaban J connectivity index is 1.54. The highest BCUT2D eigenvalue weighted by Gasteiger charge is 2.71. The Bertz CT molecular complexity index is 1860. The van der Waals surface area contributed by atoms with E-state index >= 15 is 0 Å². The summed E-state index contributed by atoms with van der Waals surface area (Å²) in [6.07, 6.45) is 3.37. The Morgan fingerprint density at radius 3 is 2.28 bits per heavy atom. The lowest BCUT2D eigenvalue weighted by Gasteiger charge is -2.37. The summed E-state index contributed by atoms with van der Waals surface area (Å²) >= 11 is 0. The molecule has 3 atom stereocenters. The van der Waals surface area contributed by atoms with E-state index in [2.05, 4.69) is 0 Å². The van der Waals surface area contributed by atoms with Crippen LogP contribution in [0.15, 0.2) is 97.1 Å². The van der Waals surface area contributed by atoms with E-state index in [9.17, 15) is 28.9 Å². The van der Waals surface area contributed by atoms with Crippen molar-refractivity contribution in [3.63, 3.8) is 0 Å². The molecule has 1 unspecified atom stereocenters. The van der Waals surface area contributed by atoms with E-state index < -0.39 is 45.7 Å². The number of anilines is 1. The molecule has 212 valence electrons. The van der Waals surface area contributed by atoms with E-state index in [-0.39, 0.29) is 22.6 Å². The summed E-state index contributed by atoms with van der Waals surface area (Å²) in [6.45, 7) is 0. The van der Waals surface area contributed by atoms with Gasteiger partial charge in [-0.2, -0.15) is 0 Å². The summed E-state index contributed by atoms with van der Waals surface area (Å²) < 4.78 is 19.8. The zero-order chi connectivity index (χ0) is 30.0. The molecule has 2 aliphatic heterocycles. The first-order valence-electron chi connectivity index (χ1n) is 13.6. The van der Waals surface area contributed by atoms with Crippen molar-refractivity contribution in [2.24, 2.45) is 5.41 Å². The fraction of sp³-hybridized carbons (Fsp3) is 0.147. The molecule has 0 aromatic heterocycles. The number of carbonyl (C=O) groups is 3. The van der Waals surface area contributed by atoms with Gasteiger partial charge in [-0.15, -0.1) is 0 Å². The molecule has 43 heavy (non-hydrogen) atoms. The number of ether oxygens (including phenoxy) is 1. The standard InChI is InChI=1S/C34H23FN2O6/c1-43-24-6-4-5-21(18-24)31(38)30-29(19-9-13-23(14-10-19)37(41)42)34(32(39)25-7-2-3-8-26(25)33(34)40)28-16-11-20-17-22(35)12-15-27(20)36(28)30/h2-18,28-30H,1H3/t28?,29-,30+/m0/s1. The van der Waals surface area contributed by atoms with Crippen LogP contribution in [0.3, 0.4) is 0 Å². The van der Waals surface area contributed by atoms with Gasteiger partial charge < -0.3 is 9.64 Å². The number of methoxy groups -OCH3 is 1. The molecule has 1 fully saturated rings. The number of nitrogens with zero attached hydrogens (tertiary/aromatic N) is 2. The highest BCUT2D eigenvalue weighted by molar-refractivity contribution is 6.32. The maximum Gasteiger partial charge on any atom is 0.269 e. The molecule has 0 radical (unpaired) electrons. The van der Waals surface area contributed by atoms with E-state index in [4.69, 9.17) is 4.74 Å². The van der Waals surface area contributed by atoms with Gasteiger partial charge in [-0.05, 0) is 35.9 Å². The third kappa shape index (κ3) is 3.64. The van der Waals surface area contributed by atoms with Crippen LogP contribution >= 0.6 is 0 Å². The number of nitro groups is 1. The number of fused-ring (bicyclic) bond motifs is 5. The van der Waals surface area contributed by atoms with Crippen molar-refractivity contribution < 1.29 is 28.4 Å². The minimum atomic E-state index is -1.78. The van der Waals surface area contributed by atoms with Gasteiger partial charge in [0.15, 0.2) is 17.3 Å². The van der Waals surface area contributed by atoms with E-state index in [1.54, 1.807) is 71.6 Å². The van der Waals surface area contributed by atoms with Crippen LogP contribution < -0.4 is 9.64 Å². The molecule has 9 heteroatoms. The largest absolute Gasteiger partial charge is 0.497 e. The normalized spacial score (nSPS) is 21.0. The summed E-state index contributed by atoms with van der Waals surface area (Å²) in [4.78, 5) is 56.7. The predicted molar refractivity (Wildman–Crippen MR) is 156 cm³/mol. The Morgan fingerprint density at radius 1 is 0.930 bits per heavy atom. The topological polar surface area (TPSA) is 107 Å². The van der Waals surface area contributed by atoms with Gasteiger partial charge in [0.25, 0.3) is 5.69 Å². The lowest BCUT2D eigenvalue weighted by Crippen LogP contribution is -2.48. The van der Waals surface area contributed by atoms with Gasteiger partial charge in [0, 0.05) is 46.0 Å². The zero-order valence-corrected chi connectivity index (χ0v) is 22.8. The minimum Gasteiger partial charge on any atom is -0.497 e. The maximum atomic E-state index is 14.7. The third-order valence-electron chi connectivity index (χ3n) is 8.85. The van der Waals surface area contributed by atoms with Crippen molar-refractivity contribution >= 4 is 34.8 Å². The van der Waals surface area contributed by atoms with Gasteiger partial charge in [-0.25, -0.2) is 4.39 Å². The molecule has 2 heterocycles. The van der Waals surface area contributed by atoms with Crippen LogP contribution in [0, 0.1) is 21.3 Å². The van der Waals surface area contributed by atoms with Crippen LogP contribution in [0.25, 0.3) is 6.08 Å². The Labute approximate surface area is 245 Å². The van der Waals surface area contributed by atoms with E-state index in [0.29, 0.717) is 28.1 Å². The van der Waals surface area contributed by atoms with Crippen LogP contribution in [-0.4, -0.2) is 41.5 Å². The Hall–Kier alpha value is -5.44. The molecule has 0 bridgehead atoms. The average molecular weight is 575 g/mol. The highest BCUT2D eigenvalue weighted by Crippen LogP contribution is 2.61. The summed E-state index contributed by atoms with van der Waals surface area (Å²) in [5, 5.41) is 11.5.